The van der Waals surface area contributed by atoms with Crippen LogP contribution in [0.4, 0.5) is 13.2 Å². The van der Waals surface area contributed by atoms with E-state index in [0.717, 1.165) is 25.0 Å². The molecule has 2 saturated heterocycles. The monoisotopic (exact) mass is 454 g/mol. The number of rotatable bonds is 3. The Morgan fingerprint density at radius 2 is 1.81 bits per heavy atom. The first kappa shape index (κ1) is 23.4. The van der Waals surface area contributed by atoms with E-state index in [1.165, 1.54) is 0 Å². The number of carboxylic acids is 1. The smallest absolute Gasteiger partial charge is 0.486 e. The minimum Gasteiger partial charge on any atom is -0.486 e. The average Bonchev–Trinajstić information content (AvgIpc) is 3.16. The van der Waals surface area contributed by atoms with E-state index < -0.39 is 12.1 Å². The first-order chi connectivity index (χ1) is 15.2. The minimum atomic E-state index is -5.08. The molecule has 1 N–H and O–H groups in total. The van der Waals surface area contributed by atoms with Crippen molar-refractivity contribution in [1.29, 1.82) is 0 Å². The molecule has 1 amide bonds. The predicted octanol–water partition coefficient (Wildman–Crippen LogP) is 2.35. The van der Waals surface area contributed by atoms with E-state index in [9.17, 15) is 18.0 Å². The molecule has 4 rings (SSSR count). The highest BCUT2D eigenvalue weighted by molar-refractivity contribution is 5.90. The van der Waals surface area contributed by atoms with Gasteiger partial charge < -0.3 is 19.5 Å². The fourth-order valence-corrected chi connectivity index (χ4v) is 3.50. The van der Waals surface area contributed by atoms with E-state index >= 15 is 0 Å². The summed E-state index contributed by atoms with van der Waals surface area (Å²) in [6.45, 7) is 1.87. The van der Waals surface area contributed by atoms with Gasteiger partial charge in [0.2, 0.25) is 5.82 Å². The fourth-order valence-electron chi connectivity index (χ4n) is 3.50. The van der Waals surface area contributed by atoms with E-state index in [2.05, 4.69) is 15.0 Å². The maximum atomic E-state index is 12.4. The number of halogens is 3. The normalized spacial score (nSPS) is 19.7. The van der Waals surface area contributed by atoms with Gasteiger partial charge in [0.1, 0.15) is 11.9 Å². The van der Waals surface area contributed by atoms with Gasteiger partial charge in [-0.15, -0.1) is 0 Å². The third-order valence-corrected chi connectivity index (χ3v) is 5.07. The highest BCUT2D eigenvalue weighted by atomic mass is 19.4. The largest absolute Gasteiger partial charge is 0.490 e. The number of carbonyl (C=O) groups excluding carboxylic acids is 1. The number of pyridine rings is 1. The third-order valence-electron chi connectivity index (χ3n) is 5.07. The Hall–Kier alpha value is -3.28. The van der Waals surface area contributed by atoms with Crippen molar-refractivity contribution in [1.82, 2.24) is 19.9 Å². The van der Waals surface area contributed by atoms with Crippen molar-refractivity contribution in [3.63, 3.8) is 0 Å². The van der Waals surface area contributed by atoms with E-state index in [1.54, 1.807) is 35.8 Å². The molecule has 2 aromatic heterocycles. The summed E-state index contributed by atoms with van der Waals surface area (Å²) in [5.74, 6) is -1.85. The standard InChI is InChI=1S/C18H20N4O3.C2HF3O2/c23-17(16-20-7-2-8-21-16)22-9-4-18(5-10-22)11-15(13-24-18)25-14-3-1-6-19-12-14;3-2(4,5)1(6)7/h1-3,6-8,12,15H,4-5,9-11,13H2;(H,6,7). The highest BCUT2D eigenvalue weighted by Crippen LogP contribution is 2.37. The number of hydrogen-bond acceptors (Lipinski definition) is 7. The van der Waals surface area contributed by atoms with Crippen LogP contribution in [0.1, 0.15) is 29.9 Å². The van der Waals surface area contributed by atoms with Gasteiger partial charge in [-0.1, -0.05) is 0 Å². The van der Waals surface area contributed by atoms with Gasteiger partial charge in [0.25, 0.3) is 5.91 Å². The van der Waals surface area contributed by atoms with E-state index in [1.807, 2.05) is 12.1 Å². The van der Waals surface area contributed by atoms with Gasteiger partial charge in [0, 0.05) is 38.1 Å². The van der Waals surface area contributed by atoms with Gasteiger partial charge in [-0.2, -0.15) is 13.2 Å². The number of amides is 1. The maximum Gasteiger partial charge on any atom is 0.490 e. The molecule has 2 aliphatic heterocycles. The molecule has 0 bridgehead atoms. The zero-order chi connectivity index (χ0) is 23.2. The Morgan fingerprint density at radius 1 is 1.16 bits per heavy atom. The van der Waals surface area contributed by atoms with Crippen molar-refractivity contribution in [2.75, 3.05) is 19.7 Å². The Bertz CT molecular complexity index is 906. The van der Waals surface area contributed by atoms with Gasteiger partial charge in [0.15, 0.2) is 0 Å². The molecule has 32 heavy (non-hydrogen) atoms. The van der Waals surface area contributed by atoms with Crippen LogP contribution >= 0.6 is 0 Å². The molecule has 1 spiro atoms. The molecule has 0 aromatic carbocycles. The third kappa shape index (κ3) is 6.13. The van der Waals surface area contributed by atoms with Crippen molar-refractivity contribution < 1.29 is 37.3 Å². The molecular formula is C20H21F3N4O5. The van der Waals surface area contributed by atoms with Crippen LogP contribution in [0.5, 0.6) is 5.75 Å². The first-order valence-corrected chi connectivity index (χ1v) is 9.76. The van der Waals surface area contributed by atoms with Crippen LogP contribution in [0.25, 0.3) is 0 Å². The Morgan fingerprint density at radius 3 is 2.38 bits per heavy atom. The van der Waals surface area contributed by atoms with Crippen LogP contribution in [0, 0.1) is 0 Å². The lowest BCUT2D eigenvalue weighted by Crippen LogP contribution is -2.47. The zero-order valence-electron chi connectivity index (χ0n) is 16.9. The highest BCUT2D eigenvalue weighted by Gasteiger charge is 2.44. The van der Waals surface area contributed by atoms with E-state index in [4.69, 9.17) is 19.4 Å². The summed E-state index contributed by atoms with van der Waals surface area (Å²) >= 11 is 0. The molecule has 2 aromatic rings. The number of likely N-dealkylation sites (tertiary alicyclic amines) is 1. The first-order valence-electron chi connectivity index (χ1n) is 9.76. The molecule has 4 heterocycles. The van der Waals surface area contributed by atoms with Crippen LogP contribution in [0.3, 0.4) is 0 Å². The van der Waals surface area contributed by atoms with Crippen LogP contribution in [0.2, 0.25) is 0 Å². The lowest BCUT2D eigenvalue weighted by Gasteiger charge is -2.38. The number of carbonyl (C=O) groups is 2. The van der Waals surface area contributed by atoms with Gasteiger partial charge >= 0.3 is 12.1 Å². The van der Waals surface area contributed by atoms with Crippen molar-refractivity contribution in [2.45, 2.75) is 37.1 Å². The minimum absolute atomic E-state index is 0.0314. The molecule has 0 saturated carbocycles. The molecule has 1 unspecified atom stereocenters. The molecule has 12 heteroatoms. The van der Waals surface area contributed by atoms with Crippen LogP contribution in [0.15, 0.2) is 43.0 Å². The Kier molecular flexibility index (Phi) is 7.23. The number of aliphatic carboxylic acids is 1. The van der Waals surface area contributed by atoms with Crippen molar-refractivity contribution in [3.8, 4) is 5.75 Å². The number of alkyl halides is 3. The molecule has 2 aliphatic rings. The summed E-state index contributed by atoms with van der Waals surface area (Å²) in [5, 5.41) is 7.12. The molecule has 172 valence electrons. The maximum absolute atomic E-state index is 12.4. The van der Waals surface area contributed by atoms with Crippen LogP contribution in [-0.4, -0.2) is 74.4 Å². The predicted molar refractivity (Wildman–Crippen MR) is 103 cm³/mol. The second kappa shape index (κ2) is 9.90. The number of hydrogen-bond donors (Lipinski definition) is 1. The summed E-state index contributed by atoms with van der Waals surface area (Å²) < 4.78 is 43.8. The zero-order valence-corrected chi connectivity index (χ0v) is 16.9. The molecule has 0 aliphatic carbocycles. The summed E-state index contributed by atoms with van der Waals surface area (Å²) in [6, 6.07) is 5.46. The molecule has 1 atom stereocenters. The molecule has 9 nitrogen and oxygen atoms in total. The second-order valence-electron chi connectivity index (χ2n) is 7.29. The van der Waals surface area contributed by atoms with Gasteiger partial charge in [0.05, 0.1) is 18.4 Å². The number of ether oxygens (including phenoxy) is 2. The SMILES string of the molecule is O=C(O)C(F)(F)F.O=C(c1ncccn1)N1CCC2(CC1)CC(Oc1cccnc1)CO2. The van der Waals surface area contributed by atoms with Gasteiger partial charge in [-0.05, 0) is 31.0 Å². The van der Waals surface area contributed by atoms with E-state index in [-0.39, 0.29) is 23.4 Å². The summed E-state index contributed by atoms with van der Waals surface area (Å²) in [6.07, 6.45) is 4.01. The van der Waals surface area contributed by atoms with Crippen molar-refractivity contribution in [2.24, 2.45) is 0 Å². The van der Waals surface area contributed by atoms with Crippen LogP contribution in [-0.2, 0) is 9.53 Å². The summed E-state index contributed by atoms with van der Waals surface area (Å²) in [5.41, 5.74) is -0.193. The molecular weight excluding hydrogens is 433 g/mol. The van der Waals surface area contributed by atoms with Crippen LogP contribution < -0.4 is 4.74 Å². The molecule has 2 fully saturated rings. The Balaban J connectivity index is 0.000000360. The van der Waals surface area contributed by atoms with Gasteiger partial charge in [-0.3, -0.25) is 9.78 Å². The lowest BCUT2D eigenvalue weighted by molar-refractivity contribution is -0.192. The number of carboxylic acid groups (broad SMARTS) is 1. The summed E-state index contributed by atoms with van der Waals surface area (Å²) in [7, 11) is 0. The molecule has 0 radical (unpaired) electrons. The Labute approximate surface area is 181 Å². The van der Waals surface area contributed by atoms with E-state index in [0.29, 0.717) is 19.7 Å². The fraction of sp³-hybridized carbons (Fsp3) is 0.450. The quantitative estimate of drug-likeness (QED) is 0.752. The van der Waals surface area contributed by atoms with Crippen molar-refractivity contribution in [3.05, 3.63) is 48.8 Å². The lowest BCUT2D eigenvalue weighted by atomic mass is 9.88. The summed E-state index contributed by atoms with van der Waals surface area (Å²) in [4.78, 5) is 35.3. The van der Waals surface area contributed by atoms with Gasteiger partial charge in [-0.25, -0.2) is 14.8 Å². The number of nitrogens with zero attached hydrogens (tertiary/aromatic N) is 4. The van der Waals surface area contributed by atoms with Crippen molar-refractivity contribution >= 4 is 11.9 Å². The number of aromatic nitrogens is 3. The number of piperidine rings is 1. The topological polar surface area (TPSA) is 115 Å². The average molecular weight is 454 g/mol. The second-order valence-corrected chi connectivity index (χ2v) is 7.29.